The fourth-order valence-corrected chi connectivity index (χ4v) is 3.35. The van der Waals surface area contributed by atoms with Crippen LogP contribution in [0.4, 0.5) is 10.5 Å². The number of rotatable bonds is 2. The number of piperidine rings is 1. The maximum absolute atomic E-state index is 12.4. The van der Waals surface area contributed by atoms with Crippen LogP contribution < -0.4 is 5.32 Å². The third kappa shape index (κ3) is 3.46. The lowest BCUT2D eigenvalue weighted by molar-refractivity contribution is 0.190. The minimum Gasteiger partial charge on any atom is -0.440 e. The molecule has 128 valence electrons. The van der Waals surface area contributed by atoms with E-state index < -0.39 is 0 Å². The molecule has 0 aliphatic carbocycles. The first-order chi connectivity index (χ1) is 12.2. The van der Waals surface area contributed by atoms with E-state index in [1.165, 1.54) is 0 Å². The molecule has 0 radical (unpaired) electrons. The van der Waals surface area contributed by atoms with Gasteiger partial charge in [0.1, 0.15) is 5.52 Å². The van der Waals surface area contributed by atoms with Gasteiger partial charge in [0, 0.05) is 29.7 Å². The summed E-state index contributed by atoms with van der Waals surface area (Å²) in [6.45, 7) is 1.35. The van der Waals surface area contributed by atoms with Gasteiger partial charge in [-0.15, -0.1) is 0 Å². The van der Waals surface area contributed by atoms with Crippen molar-refractivity contribution in [2.24, 2.45) is 0 Å². The zero-order valence-corrected chi connectivity index (χ0v) is 14.4. The zero-order valence-electron chi connectivity index (χ0n) is 13.6. The van der Waals surface area contributed by atoms with E-state index in [-0.39, 0.29) is 11.9 Å². The Kier molecular flexibility index (Phi) is 4.32. The van der Waals surface area contributed by atoms with Crippen LogP contribution >= 0.6 is 11.6 Å². The quantitative estimate of drug-likeness (QED) is 0.711. The number of likely N-dealkylation sites (tertiary alicyclic amines) is 1. The average molecular weight is 356 g/mol. The van der Waals surface area contributed by atoms with Gasteiger partial charge in [-0.05, 0) is 43.2 Å². The van der Waals surface area contributed by atoms with E-state index in [4.69, 9.17) is 16.0 Å². The predicted molar refractivity (Wildman–Crippen MR) is 98.0 cm³/mol. The van der Waals surface area contributed by atoms with Crippen molar-refractivity contribution >= 4 is 34.4 Å². The van der Waals surface area contributed by atoms with Gasteiger partial charge in [-0.2, -0.15) is 0 Å². The SMILES string of the molecule is O=C(Nc1cccc(Cl)c1)N1CCC(c2nc3ccccc3o2)CC1. The number of hydrogen-bond acceptors (Lipinski definition) is 3. The van der Waals surface area contributed by atoms with Crippen molar-refractivity contribution in [2.75, 3.05) is 18.4 Å². The van der Waals surface area contributed by atoms with Crippen LogP contribution in [0.3, 0.4) is 0 Å². The third-order valence-corrected chi connectivity index (χ3v) is 4.75. The molecular weight excluding hydrogens is 338 g/mol. The smallest absolute Gasteiger partial charge is 0.321 e. The van der Waals surface area contributed by atoms with Crippen LogP contribution in [0.5, 0.6) is 0 Å². The molecule has 0 unspecified atom stereocenters. The second kappa shape index (κ2) is 6.76. The molecule has 1 N–H and O–H groups in total. The Labute approximate surface area is 150 Å². The van der Waals surface area contributed by atoms with Gasteiger partial charge in [-0.3, -0.25) is 0 Å². The summed E-state index contributed by atoms with van der Waals surface area (Å²) < 4.78 is 5.87. The fourth-order valence-electron chi connectivity index (χ4n) is 3.16. The lowest BCUT2D eigenvalue weighted by atomic mass is 9.97. The number of hydrogen-bond donors (Lipinski definition) is 1. The molecule has 4 rings (SSSR count). The summed E-state index contributed by atoms with van der Waals surface area (Å²) >= 11 is 5.95. The van der Waals surface area contributed by atoms with Crippen LogP contribution in [0.1, 0.15) is 24.7 Å². The maximum atomic E-state index is 12.4. The topological polar surface area (TPSA) is 58.4 Å². The summed E-state index contributed by atoms with van der Waals surface area (Å²) in [7, 11) is 0. The highest BCUT2D eigenvalue weighted by molar-refractivity contribution is 6.30. The minimum atomic E-state index is -0.0988. The Morgan fingerprint density at radius 1 is 1.16 bits per heavy atom. The van der Waals surface area contributed by atoms with Crippen LogP contribution in [-0.4, -0.2) is 29.0 Å². The van der Waals surface area contributed by atoms with E-state index in [9.17, 15) is 4.79 Å². The third-order valence-electron chi connectivity index (χ3n) is 4.52. The Morgan fingerprint density at radius 3 is 2.72 bits per heavy atom. The fraction of sp³-hybridized carbons (Fsp3) is 0.263. The van der Waals surface area contributed by atoms with E-state index in [0.717, 1.165) is 29.8 Å². The summed E-state index contributed by atoms with van der Waals surface area (Å²) in [4.78, 5) is 18.8. The van der Waals surface area contributed by atoms with Crippen molar-refractivity contribution in [1.29, 1.82) is 0 Å². The molecule has 0 bridgehead atoms. The van der Waals surface area contributed by atoms with E-state index >= 15 is 0 Å². The summed E-state index contributed by atoms with van der Waals surface area (Å²) in [5.41, 5.74) is 2.41. The number of carbonyl (C=O) groups excluding carboxylic acids is 1. The number of nitrogens with zero attached hydrogens (tertiary/aromatic N) is 2. The van der Waals surface area contributed by atoms with Crippen molar-refractivity contribution in [3.05, 3.63) is 59.4 Å². The van der Waals surface area contributed by atoms with E-state index in [0.29, 0.717) is 23.8 Å². The molecule has 3 aromatic rings. The number of amides is 2. The number of halogens is 1. The molecule has 2 aromatic carbocycles. The first-order valence-corrected chi connectivity index (χ1v) is 8.74. The molecule has 5 nitrogen and oxygen atoms in total. The second-order valence-electron chi connectivity index (χ2n) is 6.22. The molecule has 6 heteroatoms. The van der Waals surface area contributed by atoms with Crippen LogP contribution in [0.15, 0.2) is 52.9 Å². The van der Waals surface area contributed by atoms with Gasteiger partial charge in [0.2, 0.25) is 0 Å². The Morgan fingerprint density at radius 2 is 1.96 bits per heavy atom. The lowest BCUT2D eigenvalue weighted by Gasteiger charge is -2.30. The normalized spacial score (nSPS) is 15.5. The molecule has 0 saturated carbocycles. The number of nitrogens with one attached hydrogen (secondary N) is 1. The van der Waals surface area contributed by atoms with Crippen molar-refractivity contribution in [3.63, 3.8) is 0 Å². The lowest BCUT2D eigenvalue weighted by Crippen LogP contribution is -2.40. The number of benzene rings is 2. The van der Waals surface area contributed by atoms with Crippen molar-refractivity contribution in [1.82, 2.24) is 9.88 Å². The molecule has 2 amide bonds. The predicted octanol–water partition coefficient (Wildman–Crippen LogP) is 4.89. The molecule has 1 aromatic heterocycles. The number of fused-ring (bicyclic) bond motifs is 1. The van der Waals surface area contributed by atoms with Gasteiger partial charge in [0.15, 0.2) is 11.5 Å². The number of para-hydroxylation sites is 2. The van der Waals surface area contributed by atoms with Crippen LogP contribution in [0.2, 0.25) is 5.02 Å². The molecule has 1 aliphatic rings. The maximum Gasteiger partial charge on any atom is 0.321 e. The number of urea groups is 1. The van der Waals surface area contributed by atoms with Crippen molar-refractivity contribution in [3.8, 4) is 0 Å². The number of aromatic nitrogens is 1. The van der Waals surface area contributed by atoms with Gasteiger partial charge in [0.05, 0.1) is 0 Å². The number of anilines is 1. The van der Waals surface area contributed by atoms with Crippen molar-refractivity contribution < 1.29 is 9.21 Å². The van der Waals surface area contributed by atoms with Crippen LogP contribution in [-0.2, 0) is 0 Å². The van der Waals surface area contributed by atoms with Crippen LogP contribution in [0, 0.1) is 0 Å². The Bertz CT molecular complexity index is 867. The van der Waals surface area contributed by atoms with E-state index in [1.807, 2.05) is 41.3 Å². The Hall–Kier alpha value is -2.53. The van der Waals surface area contributed by atoms with Gasteiger partial charge in [0.25, 0.3) is 0 Å². The zero-order chi connectivity index (χ0) is 17.2. The highest BCUT2D eigenvalue weighted by atomic mass is 35.5. The molecule has 2 heterocycles. The van der Waals surface area contributed by atoms with E-state index in [2.05, 4.69) is 10.3 Å². The largest absolute Gasteiger partial charge is 0.440 e. The molecule has 0 spiro atoms. The van der Waals surface area contributed by atoms with E-state index in [1.54, 1.807) is 12.1 Å². The van der Waals surface area contributed by atoms with Gasteiger partial charge < -0.3 is 14.6 Å². The average Bonchev–Trinajstić information content (AvgIpc) is 3.06. The first-order valence-electron chi connectivity index (χ1n) is 8.36. The standard InChI is InChI=1S/C19H18ClN3O2/c20-14-4-3-5-15(12-14)21-19(24)23-10-8-13(9-11-23)18-22-16-6-1-2-7-17(16)25-18/h1-7,12-13H,8-11H2,(H,21,24). The Balaban J connectivity index is 1.38. The monoisotopic (exact) mass is 355 g/mol. The number of oxazole rings is 1. The highest BCUT2D eigenvalue weighted by Crippen LogP contribution is 2.30. The summed E-state index contributed by atoms with van der Waals surface area (Å²) in [6.07, 6.45) is 1.69. The molecule has 1 aliphatic heterocycles. The van der Waals surface area contributed by atoms with Gasteiger partial charge >= 0.3 is 6.03 Å². The van der Waals surface area contributed by atoms with Crippen LogP contribution in [0.25, 0.3) is 11.1 Å². The summed E-state index contributed by atoms with van der Waals surface area (Å²) in [5, 5.41) is 3.50. The minimum absolute atomic E-state index is 0.0988. The second-order valence-corrected chi connectivity index (χ2v) is 6.66. The molecule has 1 saturated heterocycles. The molecular formula is C19H18ClN3O2. The molecule has 0 atom stereocenters. The summed E-state index contributed by atoms with van der Waals surface area (Å²) in [5.74, 6) is 1.03. The summed E-state index contributed by atoms with van der Waals surface area (Å²) in [6, 6.07) is 14.9. The molecule has 1 fully saturated rings. The molecule has 25 heavy (non-hydrogen) atoms. The van der Waals surface area contributed by atoms with Crippen molar-refractivity contribution in [2.45, 2.75) is 18.8 Å². The number of carbonyl (C=O) groups is 1. The first kappa shape index (κ1) is 16.0. The van der Waals surface area contributed by atoms with Gasteiger partial charge in [-0.1, -0.05) is 29.8 Å². The highest BCUT2D eigenvalue weighted by Gasteiger charge is 2.27. The van der Waals surface area contributed by atoms with Gasteiger partial charge in [-0.25, -0.2) is 9.78 Å².